The van der Waals surface area contributed by atoms with Gasteiger partial charge >= 0.3 is 0 Å². The number of allylic oxidation sites excluding steroid dienone is 1. The summed E-state index contributed by atoms with van der Waals surface area (Å²) in [4.78, 5) is 7.79. The summed E-state index contributed by atoms with van der Waals surface area (Å²) in [5.41, 5.74) is -0.347. The van der Waals surface area contributed by atoms with Gasteiger partial charge in [-0.3, -0.25) is 4.84 Å². The molecule has 0 bridgehead atoms. The van der Waals surface area contributed by atoms with Gasteiger partial charge in [-0.05, 0) is 71.9 Å². The molecule has 1 saturated heterocycles. The summed E-state index contributed by atoms with van der Waals surface area (Å²) < 4.78 is 0. The minimum Gasteiger partial charge on any atom is -0.393 e. The van der Waals surface area contributed by atoms with Gasteiger partial charge in [-0.2, -0.15) is 5.06 Å². The van der Waals surface area contributed by atoms with Crippen molar-refractivity contribution in [3.63, 3.8) is 0 Å². The molecule has 4 heteroatoms. The number of benzene rings is 1. The van der Waals surface area contributed by atoms with Gasteiger partial charge in [0.05, 0.1) is 6.10 Å². The standard InChI is InChI=1S/C21H33NO2S/c1-6-7-9-14-19(25-18-12-10-8-11-13-18)24-22-20(2,3)15-17(23)16-21(22,4)5/h6,8,10-13,17,19,23H,1,7,9,14-16H2,2-5H3. The predicted octanol–water partition coefficient (Wildman–Crippen LogP) is 5.41. The summed E-state index contributed by atoms with van der Waals surface area (Å²) in [7, 11) is 0. The highest BCUT2D eigenvalue weighted by atomic mass is 32.2. The van der Waals surface area contributed by atoms with Gasteiger partial charge in [0.15, 0.2) is 0 Å². The van der Waals surface area contributed by atoms with E-state index >= 15 is 0 Å². The topological polar surface area (TPSA) is 32.7 Å². The number of hydrogen-bond donors (Lipinski definition) is 1. The maximum atomic E-state index is 10.2. The molecular formula is C21H33NO2S. The number of unbranched alkanes of at least 4 members (excludes halogenated alkanes) is 1. The summed E-state index contributed by atoms with van der Waals surface area (Å²) in [6.07, 6.45) is 6.18. The number of aliphatic hydroxyl groups excluding tert-OH is 1. The number of hydrogen-bond acceptors (Lipinski definition) is 4. The number of aliphatic hydroxyl groups is 1. The van der Waals surface area contributed by atoms with Crippen LogP contribution in [0.4, 0.5) is 0 Å². The Morgan fingerprint density at radius 2 is 1.84 bits per heavy atom. The highest BCUT2D eigenvalue weighted by molar-refractivity contribution is 7.99. The third-order valence-corrected chi connectivity index (χ3v) is 5.78. The third-order valence-electron chi connectivity index (χ3n) is 4.65. The van der Waals surface area contributed by atoms with E-state index in [1.165, 1.54) is 4.90 Å². The number of rotatable bonds is 8. The molecule has 1 atom stereocenters. The number of hydroxylamine groups is 2. The third kappa shape index (κ3) is 5.85. The second kappa shape index (κ2) is 8.72. The molecule has 0 spiro atoms. The molecule has 1 aliphatic heterocycles. The summed E-state index contributed by atoms with van der Waals surface area (Å²) in [5, 5.41) is 12.4. The van der Waals surface area contributed by atoms with Crippen molar-refractivity contribution < 1.29 is 9.94 Å². The molecule has 0 amide bonds. The second-order valence-electron chi connectivity index (χ2n) is 8.17. The highest BCUT2D eigenvalue weighted by Crippen LogP contribution is 2.41. The van der Waals surface area contributed by atoms with Crippen molar-refractivity contribution in [2.24, 2.45) is 0 Å². The first-order valence-corrected chi connectivity index (χ1v) is 10.1. The minimum atomic E-state index is -0.272. The van der Waals surface area contributed by atoms with E-state index in [2.05, 4.69) is 63.6 Å². The summed E-state index contributed by atoms with van der Waals surface area (Å²) in [6, 6.07) is 10.4. The van der Waals surface area contributed by atoms with Gasteiger partial charge in [-0.15, -0.1) is 6.58 Å². The van der Waals surface area contributed by atoms with E-state index in [-0.39, 0.29) is 22.6 Å². The molecule has 1 fully saturated rings. The fourth-order valence-corrected chi connectivity index (χ4v) is 4.86. The molecule has 1 aromatic carbocycles. The molecule has 1 N–H and O–H groups in total. The molecule has 0 aliphatic carbocycles. The van der Waals surface area contributed by atoms with Crippen LogP contribution in [0.5, 0.6) is 0 Å². The van der Waals surface area contributed by atoms with Crippen LogP contribution in [0, 0.1) is 0 Å². The van der Waals surface area contributed by atoms with E-state index in [9.17, 15) is 5.11 Å². The molecule has 0 radical (unpaired) electrons. The molecule has 140 valence electrons. The van der Waals surface area contributed by atoms with Crippen LogP contribution in [-0.4, -0.2) is 32.8 Å². The molecule has 1 heterocycles. The van der Waals surface area contributed by atoms with Crippen LogP contribution in [0.15, 0.2) is 47.9 Å². The van der Waals surface area contributed by atoms with Gasteiger partial charge in [0.1, 0.15) is 5.44 Å². The summed E-state index contributed by atoms with van der Waals surface area (Å²) >= 11 is 1.77. The first kappa shape index (κ1) is 20.5. The normalized spacial score (nSPS) is 21.8. The average Bonchev–Trinajstić information content (AvgIpc) is 2.50. The van der Waals surface area contributed by atoms with Crippen molar-refractivity contribution in [2.45, 2.75) is 87.3 Å². The molecule has 1 unspecified atom stereocenters. The van der Waals surface area contributed by atoms with Crippen LogP contribution < -0.4 is 0 Å². The van der Waals surface area contributed by atoms with Crippen LogP contribution in [0.2, 0.25) is 0 Å². The molecule has 25 heavy (non-hydrogen) atoms. The summed E-state index contributed by atoms with van der Waals surface area (Å²) in [6.45, 7) is 12.5. The Labute approximate surface area is 157 Å². The van der Waals surface area contributed by atoms with Gasteiger partial charge in [-0.25, -0.2) is 0 Å². The van der Waals surface area contributed by atoms with Crippen LogP contribution in [0.1, 0.15) is 59.8 Å². The predicted molar refractivity (Wildman–Crippen MR) is 106 cm³/mol. The Balaban J connectivity index is 2.14. The van der Waals surface area contributed by atoms with Crippen LogP contribution >= 0.6 is 11.8 Å². The lowest BCUT2D eigenvalue weighted by molar-refractivity contribution is -0.299. The van der Waals surface area contributed by atoms with Gasteiger partial charge in [0.2, 0.25) is 0 Å². The molecular weight excluding hydrogens is 330 g/mol. The van der Waals surface area contributed by atoms with Crippen molar-refractivity contribution in [1.29, 1.82) is 0 Å². The molecule has 2 rings (SSSR count). The molecule has 1 aliphatic rings. The van der Waals surface area contributed by atoms with Crippen LogP contribution in [-0.2, 0) is 4.84 Å². The first-order chi connectivity index (χ1) is 11.7. The zero-order valence-corrected chi connectivity index (χ0v) is 16.9. The Morgan fingerprint density at radius 3 is 2.40 bits per heavy atom. The second-order valence-corrected chi connectivity index (χ2v) is 9.40. The maximum absolute atomic E-state index is 10.2. The van der Waals surface area contributed by atoms with Gasteiger partial charge in [-0.1, -0.05) is 36.0 Å². The fourth-order valence-electron chi connectivity index (χ4n) is 3.83. The summed E-state index contributed by atoms with van der Waals surface area (Å²) in [5.74, 6) is 0. The molecule has 3 nitrogen and oxygen atoms in total. The Hall–Kier alpha value is -0.810. The number of thioether (sulfide) groups is 1. The Kier molecular flexibility index (Phi) is 7.15. The lowest BCUT2D eigenvalue weighted by atomic mass is 9.80. The fraction of sp³-hybridized carbons (Fsp3) is 0.619. The first-order valence-electron chi connectivity index (χ1n) is 9.22. The number of piperidine rings is 1. The lowest BCUT2D eigenvalue weighted by Gasteiger charge is -2.53. The van der Waals surface area contributed by atoms with E-state index in [4.69, 9.17) is 4.84 Å². The van der Waals surface area contributed by atoms with Crippen molar-refractivity contribution in [2.75, 3.05) is 0 Å². The Bertz CT molecular complexity index is 526. The van der Waals surface area contributed by atoms with Crippen LogP contribution in [0.3, 0.4) is 0 Å². The number of nitrogens with zero attached hydrogens (tertiary/aromatic N) is 1. The maximum Gasteiger partial charge on any atom is 0.129 e. The van der Waals surface area contributed by atoms with Crippen molar-refractivity contribution in [3.05, 3.63) is 43.0 Å². The van der Waals surface area contributed by atoms with Gasteiger partial charge < -0.3 is 5.11 Å². The molecule has 1 aromatic rings. The smallest absolute Gasteiger partial charge is 0.129 e. The van der Waals surface area contributed by atoms with Crippen LogP contribution in [0.25, 0.3) is 0 Å². The zero-order valence-electron chi connectivity index (χ0n) is 16.1. The zero-order chi connectivity index (χ0) is 18.5. The highest BCUT2D eigenvalue weighted by Gasteiger charge is 2.47. The van der Waals surface area contributed by atoms with Crippen molar-refractivity contribution in [1.82, 2.24) is 5.06 Å². The largest absolute Gasteiger partial charge is 0.393 e. The van der Waals surface area contributed by atoms with E-state index in [1.54, 1.807) is 11.8 Å². The van der Waals surface area contributed by atoms with E-state index in [1.807, 2.05) is 12.1 Å². The average molecular weight is 364 g/mol. The van der Waals surface area contributed by atoms with Gasteiger partial charge in [0, 0.05) is 16.0 Å². The van der Waals surface area contributed by atoms with E-state index < -0.39 is 0 Å². The van der Waals surface area contributed by atoms with Crippen molar-refractivity contribution >= 4 is 11.8 Å². The quantitative estimate of drug-likeness (QED) is 0.290. The lowest BCUT2D eigenvalue weighted by Crippen LogP contribution is -2.62. The van der Waals surface area contributed by atoms with E-state index in [0.717, 1.165) is 32.1 Å². The SMILES string of the molecule is C=CCCCC(ON1C(C)(C)CC(O)CC1(C)C)Sc1ccccc1. The molecule has 0 saturated carbocycles. The minimum absolute atomic E-state index is 0.0520. The van der Waals surface area contributed by atoms with Crippen molar-refractivity contribution in [3.8, 4) is 0 Å². The van der Waals surface area contributed by atoms with Gasteiger partial charge in [0.25, 0.3) is 0 Å². The Morgan fingerprint density at radius 1 is 1.24 bits per heavy atom. The molecule has 0 aromatic heterocycles. The van der Waals surface area contributed by atoms with E-state index in [0.29, 0.717) is 0 Å². The monoisotopic (exact) mass is 363 g/mol.